The highest BCUT2D eigenvalue weighted by atomic mass is 16.6. The number of nitrogens with two attached hydrogens (primary N) is 1. The zero-order valence-corrected chi connectivity index (χ0v) is 6.43. The van der Waals surface area contributed by atoms with Crippen LogP contribution in [0.25, 0.3) is 11.0 Å². The van der Waals surface area contributed by atoms with Crippen LogP contribution in [0.4, 0.5) is 11.5 Å². The number of non-ortho nitro benzene ring substituents is 1. The van der Waals surface area contributed by atoms with Crippen molar-refractivity contribution in [2.24, 2.45) is 0 Å². The van der Waals surface area contributed by atoms with E-state index in [9.17, 15) is 10.1 Å². The highest BCUT2D eigenvalue weighted by Crippen LogP contribution is 2.29. The number of aromatic nitrogens is 1. The van der Waals surface area contributed by atoms with Crippen LogP contribution in [0, 0.1) is 10.1 Å². The summed E-state index contributed by atoms with van der Waals surface area (Å²) in [5.74, 6) is 0.0438. The van der Waals surface area contributed by atoms with E-state index in [1.54, 1.807) is 6.07 Å². The Hall–Kier alpha value is -2.11. The van der Waals surface area contributed by atoms with Crippen LogP contribution in [-0.2, 0) is 0 Å². The van der Waals surface area contributed by atoms with Gasteiger partial charge in [-0.2, -0.15) is 0 Å². The van der Waals surface area contributed by atoms with Gasteiger partial charge in [-0.05, 0) is 6.07 Å². The van der Waals surface area contributed by atoms with Crippen molar-refractivity contribution < 1.29 is 9.45 Å². The fourth-order valence-electron chi connectivity index (χ4n) is 1.15. The van der Waals surface area contributed by atoms with E-state index in [-0.39, 0.29) is 16.9 Å². The summed E-state index contributed by atoms with van der Waals surface area (Å²) in [6.45, 7) is 0. The van der Waals surface area contributed by atoms with Crippen LogP contribution in [-0.4, -0.2) is 10.1 Å². The lowest BCUT2D eigenvalue weighted by Crippen LogP contribution is -1.91. The molecular formula is C7H5N3O3. The quantitative estimate of drug-likeness (QED) is 0.526. The third-order valence-corrected chi connectivity index (χ3v) is 1.70. The topological polar surface area (TPSA) is 95.2 Å². The highest BCUT2D eigenvalue weighted by molar-refractivity contribution is 5.95. The standard InChI is InChI=1S/C7H5N3O3/c8-7-6-4(10(11)12)2-1-3-5(6)13-9-7/h1-3H,(H2,8,9). The molecule has 0 radical (unpaired) electrons. The van der Waals surface area contributed by atoms with Gasteiger partial charge in [0, 0.05) is 6.07 Å². The molecule has 6 nitrogen and oxygen atoms in total. The Bertz CT molecular complexity index is 477. The molecule has 0 saturated carbocycles. The number of nitro benzene ring substituents is 1. The number of nitro groups is 1. The molecular weight excluding hydrogens is 174 g/mol. The molecule has 0 bridgehead atoms. The molecule has 2 aromatic rings. The van der Waals surface area contributed by atoms with Crippen LogP contribution < -0.4 is 5.73 Å². The largest absolute Gasteiger partial charge is 0.380 e. The van der Waals surface area contributed by atoms with E-state index in [1.165, 1.54) is 12.1 Å². The third-order valence-electron chi connectivity index (χ3n) is 1.70. The number of rotatable bonds is 1. The van der Waals surface area contributed by atoms with Crippen LogP contribution in [0.1, 0.15) is 0 Å². The second kappa shape index (κ2) is 2.44. The molecule has 0 aliphatic carbocycles. The number of benzene rings is 1. The normalized spacial score (nSPS) is 10.5. The van der Waals surface area contributed by atoms with Gasteiger partial charge in [0.1, 0.15) is 5.39 Å². The van der Waals surface area contributed by atoms with Crippen molar-refractivity contribution >= 4 is 22.5 Å². The van der Waals surface area contributed by atoms with Gasteiger partial charge in [-0.25, -0.2) is 0 Å². The van der Waals surface area contributed by atoms with Crippen molar-refractivity contribution in [3.8, 4) is 0 Å². The first-order valence-corrected chi connectivity index (χ1v) is 3.48. The van der Waals surface area contributed by atoms with Crippen molar-refractivity contribution in [3.63, 3.8) is 0 Å². The minimum Gasteiger partial charge on any atom is -0.380 e. The average molecular weight is 179 g/mol. The molecule has 2 N–H and O–H groups in total. The second-order valence-electron chi connectivity index (χ2n) is 2.48. The summed E-state index contributed by atoms with van der Waals surface area (Å²) in [5.41, 5.74) is 5.64. The van der Waals surface area contributed by atoms with Gasteiger partial charge < -0.3 is 10.3 Å². The number of nitrogens with zero attached hydrogens (tertiary/aromatic N) is 2. The van der Waals surface area contributed by atoms with Crippen LogP contribution in [0.5, 0.6) is 0 Å². The van der Waals surface area contributed by atoms with E-state index in [4.69, 9.17) is 10.3 Å². The van der Waals surface area contributed by atoms with Crippen molar-refractivity contribution in [2.75, 3.05) is 5.73 Å². The SMILES string of the molecule is Nc1noc2cccc([N+](=O)[O-])c12. The Morgan fingerprint density at radius 2 is 2.31 bits per heavy atom. The molecule has 0 atom stereocenters. The van der Waals surface area contributed by atoms with Crippen molar-refractivity contribution in [1.82, 2.24) is 5.16 Å². The van der Waals surface area contributed by atoms with E-state index in [0.29, 0.717) is 5.58 Å². The molecule has 1 aromatic carbocycles. The summed E-state index contributed by atoms with van der Waals surface area (Å²) in [5, 5.41) is 14.2. The first-order chi connectivity index (χ1) is 6.20. The van der Waals surface area contributed by atoms with Gasteiger partial charge in [0.15, 0.2) is 11.4 Å². The number of hydrogen-bond donors (Lipinski definition) is 1. The lowest BCUT2D eigenvalue weighted by Gasteiger charge is -1.91. The van der Waals surface area contributed by atoms with Gasteiger partial charge in [0.05, 0.1) is 4.92 Å². The summed E-state index contributed by atoms with van der Waals surface area (Å²) < 4.78 is 4.76. The predicted octanol–water partition coefficient (Wildman–Crippen LogP) is 1.32. The molecule has 0 spiro atoms. The number of anilines is 1. The van der Waals surface area contributed by atoms with Crippen molar-refractivity contribution in [2.45, 2.75) is 0 Å². The molecule has 0 fully saturated rings. The van der Waals surface area contributed by atoms with Crippen molar-refractivity contribution in [3.05, 3.63) is 28.3 Å². The second-order valence-corrected chi connectivity index (χ2v) is 2.48. The van der Waals surface area contributed by atoms with Crippen LogP contribution in [0.2, 0.25) is 0 Å². The van der Waals surface area contributed by atoms with Crippen LogP contribution in [0.3, 0.4) is 0 Å². The van der Waals surface area contributed by atoms with E-state index in [2.05, 4.69) is 5.16 Å². The summed E-state index contributed by atoms with van der Waals surface area (Å²) >= 11 is 0. The van der Waals surface area contributed by atoms with E-state index >= 15 is 0 Å². The Morgan fingerprint density at radius 3 is 3.00 bits per heavy atom. The number of hydrogen-bond acceptors (Lipinski definition) is 5. The fraction of sp³-hybridized carbons (Fsp3) is 0. The molecule has 1 aromatic heterocycles. The summed E-state index contributed by atoms with van der Waals surface area (Å²) in [7, 11) is 0. The molecule has 0 saturated heterocycles. The Balaban J connectivity index is 2.88. The van der Waals surface area contributed by atoms with Crippen molar-refractivity contribution in [1.29, 1.82) is 0 Å². The first-order valence-electron chi connectivity index (χ1n) is 3.48. The van der Waals surface area contributed by atoms with E-state index < -0.39 is 4.92 Å². The Morgan fingerprint density at radius 1 is 1.54 bits per heavy atom. The third kappa shape index (κ3) is 0.994. The maximum Gasteiger partial charge on any atom is 0.284 e. The minimum atomic E-state index is -0.518. The molecule has 13 heavy (non-hydrogen) atoms. The van der Waals surface area contributed by atoms with Gasteiger partial charge in [-0.15, -0.1) is 0 Å². The number of nitrogen functional groups attached to an aromatic ring is 1. The lowest BCUT2D eigenvalue weighted by atomic mass is 10.2. The van der Waals surface area contributed by atoms with Gasteiger partial charge in [0.2, 0.25) is 0 Å². The first kappa shape index (κ1) is 7.53. The summed E-state index contributed by atoms with van der Waals surface area (Å²) in [4.78, 5) is 10.0. The van der Waals surface area contributed by atoms with Gasteiger partial charge in [0.25, 0.3) is 5.69 Å². The van der Waals surface area contributed by atoms with Crippen LogP contribution in [0.15, 0.2) is 22.7 Å². The predicted molar refractivity (Wildman–Crippen MR) is 45.1 cm³/mol. The zero-order chi connectivity index (χ0) is 9.42. The lowest BCUT2D eigenvalue weighted by molar-refractivity contribution is -0.383. The monoisotopic (exact) mass is 179 g/mol. The maximum atomic E-state index is 10.5. The Kier molecular flexibility index (Phi) is 1.42. The summed E-state index contributed by atoms with van der Waals surface area (Å²) in [6.07, 6.45) is 0. The average Bonchev–Trinajstić information content (AvgIpc) is 2.48. The molecule has 1 heterocycles. The summed E-state index contributed by atoms with van der Waals surface area (Å²) in [6, 6.07) is 4.45. The smallest absolute Gasteiger partial charge is 0.284 e. The van der Waals surface area contributed by atoms with Crippen LogP contribution >= 0.6 is 0 Å². The van der Waals surface area contributed by atoms with E-state index in [0.717, 1.165) is 0 Å². The fourth-order valence-corrected chi connectivity index (χ4v) is 1.15. The highest BCUT2D eigenvalue weighted by Gasteiger charge is 2.17. The van der Waals surface area contributed by atoms with Gasteiger partial charge >= 0.3 is 0 Å². The molecule has 0 unspecified atom stereocenters. The van der Waals surface area contributed by atoms with Gasteiger partial charge in [-0.1, -0.05) is 11.2 Å². The van der Waals surface area contributed by atoms with Gasteiger partial charge in [-0.3, -0.25) is 10.1 Å². The van der Waals surface area contributed by atoms with E-state index in [1.807, 2.05) is 0 Å². The minimum absolute atomic E-state index is 0.0438. The molecule has 0 aliphatic rings. The molecule has 66 valence electrons. The zero-order valence-electron chi connectivity index (χ0n) is 6.43. The maximum absolute atomic E-state index is 10.5. The molecule has 0 aliphatic heterocycles. The molecule has 0 amide bonds. The number of fused-ring (bicyclic) bond motifs is 1. The molecule has 6 heteroatoms. The Labute approximate surface area is 72.1 Å². The molecule has 2 rings (SSSR count).